The van der Waals surface area contributed by atoms with E-state index >= 15 is 0 Å². The molecule has 0 aliphatic rings. The van der Waals surface area contributed by atoms with E-state index in [-0.39, 0.29) is 22.7 Å². The van der Waals surface area contributed by atoms with Crippen LogP contribution in [0, 0.1) is 17.0 Å². The second-order valence-corrected chi connectivity index (χ2v) is 5.17. The fraction of sp³-hybridized carbons (Fsp3) is 0.0714. The normalized spacial score (nSPS) is 10.2. The maximum absolute atomic E-state index is 11.1. The molecule has 1 N–H and O–H groups in total. The van der Waals surface area contributed by atoms with Crippen molar-refractivity contribution in [1.29, 1.82) is 0 Å². The second-order valence-electron chi connectivity index (χ2n) is 4.25. The number of carboxylic acid groups (broad SMARTS) is 1. The number of halogens is 1. The van der Waals surface area contributed by atoms with Gasteiger partial charge in [0, 0.05) is 10.0 Å². The molecule has 0 amide bonds. The number of rotatable bonds is 4. The van der Waals surface area contributed by atoms with Gasteiger partial charge in [0.05, 0.1) is 11.0 Å². The van der Waals surface area contributed by atoms with E-state index in [9.17, 15) is 14.9 Å². The first kappa shape index (κ1) is 15.0. The van der Waals surface area contributed by atoms with E-state index in [2.05, 4.69) is 15.9 Å². The molecule has 0 spiro atoms. The number of nitro benzene ring substituents is 1. The van der Waals surface area contributed by atoms with Gasteiger partial charge < -0.3 is 9.84 Å². The summed E-state index contributed by atoms with van der Waals surface area (Å²) in [6.07, 6.45) is 0. The third-order valence-corrected chi connectivity index (χ3v) is 3.27. The van der Waals surface area contributed by atoms with Gasteiger partial charge in [-0.1, -0.05) is 15.9 Å². The number of carboxylic acids is 1. The summed E-state index contributed by atoms with van der Waals surface area (Å²) in [5.41, 5.74) is 0.390. The first-order chi connectivity index (χ1) is 9.88. The summed E-state index contributed by atoms with van der Waals surface area (Å²) in [7, 11) is 0. The lowest BCUT2D eigenvalue weighted by Gasteiger charge is -2.09. The third kappa shape index (κ3) is 3.38. The van der Waals surface area contributed by atoms with Crippen molar-refractivity contribution in [2.24, 2.45) is 0 Å². The van der Waals surface area contributed by atoms with Crippen LogP contribution in [-0.2, 0) is 0 Å². The molecule has 0 saturated carbocycles. The molecule has 2 aromatic carbocycles. The number of aromatic carboxylic acids is 1. The van der Waals surface area contributed by atoms with Gasteiger partial charge in [-0.15, -0.1) is 0 Å². The van der Waals surface area contributed by atoms with E-state index in [0.717, 1.165) is 0 Å². The molecule has 0 aliphatic heterocycles. The van der Waals surface area contributed by atoms with Crippen LogP contribution in [0.4, 0.5) is 5.69 Å². The van der Waals surface area contributed by atoms with E-state index in [1.807, 2.05) is 0 Å². The Morgan fingerprint density at radius 2 is 2.00 bits per heavy atom. The Balaban J connectivity index is 2.43. The average molecular weight is 352 g/mol. The van der Waals surface area contributed by atoms with Gasteiger partial charge in [-0.2, -0.15) is 0 Å². The zero-order valence-corrected chi connectivity index (χ0v) is 12.5. The van der Waals surface area contributed by atoms with Crippen LogP contribution in [0.3, 0.4) is 0 Å². The maximum atomic E-state index is 11.1. The molecular weight excluding hydrogens is 342 g/mol. The molecule has 7 heteroatoms. The second kappa shape index (κ2) is 5.92. The number of carbonyl (C=O) groups is 1. The molecule has 0 fully saturated rings. The quantitative estimate of drug-likeness (QED) is 0.659. The predicted molar refractivity (Wildman–Crippen MR) is 79.0 cm³/mol. The van der Waals surface area contributed by atoms with Crippen LogP contribution in [-0.4, -0.2) is 16.0 Å². The summed E-state index contributed by atoms with van der Waals surface area (Å²) in [5, 5.41) is 20.0. The molecular formula is C14H10BrNO5. The number of aryl methyl sites for hydroxylation is 1. The Bertz CT molecular complexity index is 729. The van der Waals surface area contributed by atoms with Gasteiger partial charge in [0.2, 0.25) is 0 Å². The standard InChI is InChI=1S/C14H10BrNO5/c1-8-2-4-10(7-12(8)16(19)20)21-13-6-9(15)3-5-11(13)14(17)18/h2-7H,1H3,(H,17,18). The Morgan fingerprint density at radius 1 is 1.29 bits per heavy atom. The highest BCUT2D eigenvalue weighted by molar-refractivity contribution is 9.10. The summed E-state index contributed by atoms with van der Waals surface area (Å²) < 4.78 is 6.12. The van der Waals surface area contributed by atoms with Gasteiger partial charge in [0.25, 0.3) is 5.69 Å². The van der Waals surface area contributed by atoms with Gasteiger partial charge in [-0.3, -0.25) is 10.1 Å². The Hall–Kier alpha value is -2.41. The minimum absolute atomic E-state index is 0.0265. The van der Waals surface area contributed by atoms with Crippen molar-refractivity contribution in [3.05, 3.63) is 62.1 Å². The Morgan fingerprint density at radius 3 is 2.62 bits per heavy atom. The van der Waals surface area contributed by atoms with E-state index in [4.69, 9.17) is 9.84 Å². The van der Waals surface area contributed by atoms with E-state index in [1.165, 1.54) is 18.2 Å². The lowest BCUT2D eigenvalue weighted by Crippen LogP contribution is -2.00. The minimum atomic E-state index is -1.14. The molecule has 0 radical (unpaired) electrons. The van der Waals surface area contributed by atoms with Crippen molar-refractivity contribution in [2.45, 2.75) is 6.92 Å². The molecule has 0 bridgehead atoms. The van der Waals surface area contributed by atoms with Crippen LogP contribution in [0.2, 0.25) is 0 Å². The van der Waals surface area contributed by atoms with Crippen LogP contribution in [0.1, 0.15) is 15.9 Å². The van der Waals surface area contributed by atoms with Gasteiger partial charge in [0.1, 0.15) is 17.1 Å². The fourth-order valence-corrected chi connectivity index (χ4v) is 2.07. The first-order valence-electron chi connectivity index (χ1n) is 5.84. The van der Waals surface area contributed by atoms with Crippen molar-refractivity contribution < 1.29 is 19.6 Å². The Labute approximate surface area is 128 Å². The summed E-state index contributed by atoms with van der Waals surface area (Å²) in [6.45, 7) is 1.61. The van der Waals surface area contributed by atoms with Gasteiger partial charge >= 0.3 is 5.97 Å². The maximum Gasteiger partial charge on any atom is 0.339 e. The molecule has 0 aliphatic carbocycles. The van der Waals surface area contributed by atoms with Gasteiger partial charge in [-0.25, -0.2) is 4.79 Å². The number of nitro groups is 1. The minimum Gasteiger partial charge on any atom is -0.478 e. The number of ether oxygens (including phenoxy) is 1. The van der Waals surface area contributed by atoms with E-state index in [1.54, 1.807) is 25.1 Å². The van der Waals surface area contributed by atoms with Crippen molar-refractivity contribution >= 4 is 27.6 Å². The van der Waals surface area contributed by atoms with Crippen molar-refractivity contribution in [2.75, 3.05) is 0 Å². The van der Waals surface area contributed by atoms with Crippen LogP contribution < -0.4 is 4.74 Å². The van der Waals surface area contributed by atoms with Crippen molar-refractivity contribution in [1.82, 2.24) is 0 Å². The monoisotopic (exact) mass is 351 g/mol. The first-order valence-corrected chi connectivity index (χ1v) is 6.63. The zero-order valence-electron chi connectivity index (χ0n) is 10.9. The van der Waals surface area contributed by atoms with Crippen LogP contribution >= 0.6 is 15.9 Å². The molecule has 0 aromatic heterocycles. The molecule has 2 rings (SSSR count). The zero-order chi connectivity index (χ0) is 15.6. The molecule has 0 unspecified atom stereocenters. The molecule has 21 heavy (non-hydrogen) atoms. The van der Waals surface area contributed by atoms with Crippen molar-refractivity contribution in [3.63, 3.8) is 0 Å². The largest absolute Gasteiger partial charge is 0.478 e. The topological polar surface area (TPSA) is 89.7 Å². The highest BCUT2D eigenvalue weighted by Crippen LogP contribution is 2.31. The summed E-state index contributed by atoms with van der Waals surface area (Å²) in [5.74, 6) is -0.831. The summed E-state index contributed by atoms with van der Waals surface area (Å²) in [6, 6.07) is 8.83. The van der Waals surface area contributed by atoms with Crippen LogP contribution in [0.15, 0.2) is 40.9 Å². The lowest BCUT2D eigenvalue weighted by atomic mass is 10.2. The number of hydrogen-bond donors (Lipinski definition) is 1. The van der Waals surface area contributed by atoms with Crippen molar-refractivity contribution in [3.8, 4) is 11.5 Å². The smallest absolute Gasteiger partial charge is 0.339 e. The average Bonchev–Trinajstić information content (AvgIpc) is 2.40. The van der Waals surface area contributed by atoms with Gasteiger partial charge in [0.15, 0.2) is 0 Å². The highest BCUT2D eigenvalue weighted by atomic mass is 79.9. The molecule has 2 aromatic rings. The highest BCUT2D eigenvalue weighted by Gasteiger charge is 2.15. The SMILES string of the molecule is Cc1ccc(Oc2cc(Br)ccc2C(=O)O)cc1[N+](=O)[O-]. The lowest BCUT2D eigenvalue weighted by molar-refractivity contribution is -0.385. The van der Waals surface area contributed by atoms with E-state index in [0.29, 0.717) is 10.0 Å². The van der Waals surface area contributed by atoms with Crippen LogP contribution in [0.5, 0.6) is 11.5 Å². The molecule has 108 valence electrons. The molecule has 6 nitrogen and oxygen atoms in total. The Kier molecular flexibility index (Phi) is 4.23. The van der Waals surface area contributed by atoms with Gasteiger partial charge in [-0.05, 0) is 37.3 Å². The summed E-state index contributed by atoms with van der Waals surface area (Å²) in [4.78, 5) is 21.5. The molecule has 0 saturated heterocycles. The molecule has 0 heterocycles. The predicted octanol–water partition coefficient (Wildman–Crippen LogP) is 4.16. The third-order valence-electron chi connectivity index (χ3n) is 2.78. The number of nitrogens with zero attached hydrogens (tertiary/aromatic N) is 1. The summed E-state index contributed by atoms with van der Waals surface area (Å²) >= 11 is 3.23. The fourth-order valence-electron chi connectivity index (χ4n) is 1.73. The number of hydrogen-bond acceptors (Lipinski definition) is 4. The number of benzene rings is 2. The molecule has 0 atom stereocenters. The van der Waals surface area contributed by atoms with Crippen LogP contribution in [0.25, 0.3) is 0 Å². The van der Waals surface area contributed by atoms with E-state index < -0.39 is 10.9 Å².